The first kappa shape index (κ1) is 18.3. The fraction of sp³-hybridized carbons (Fsp3) is 0.500. The number of nitrogens with zero attached hydrogens (tertiary/aromatic N) is 3. The van der Waals surface area contributed by atoms with E-state index in [9.17, 15) is 18.4 Å². The number of hydrogen-bond acceptors (Lipinski definition) is 4. The molecule has 6 nitrogen and oxygen atoms in total. The topological polar surface area (TPSA) is 66.1 Å². The van der Waals surface area contributed by atoms with E-state index >= 15 is 0 Å². The van der Waals surface area contributed by atoms with Crippen molar-refractivity contribution < 1.29 is 18.3 Å². The summed E-state index contributed by atoms with van der Waals surface area (Å²) in [5.74, 6) is -2.16. The number of ether oxygens (including phenoxy) is 1. The van der Waals surface area contributed by atoms with Crippen LogP contribution in [-0.2, 0) is 11.8 Å². The molecule has 0 saturated heterocycles. The van der Waals surface area contributed by atoms with Crippen molar-refractivity contribution in [1.29, 1.82) is 0 Å². The van der Waals surface area contributed by atoms with Crippen LogP contribution in [0, 0.1) is 11.6 Å². The van der Waals surface area contributed by atoms with E-state index in [2.05, 4.69) is 5.10 Å². The lowest BCUT2D eigenvalue weighted by molar-refractivity contribution is 0.00641. The van der Waals surface area contributed by atoms with Crippen LogP contribution in [0.1, 0.15) is 62.1 Å². The smallest absolute Gasteiger partial charge is 0.350 e. The molecule has 1 aromatic carbocycles. The number of hydrogen-bond donors (Lipinski definition) is 0. The highest BCUT2D eigenvalue weighted by molar-refractivity contribution is 5.90. The summed E-state index contributed by atoms with van der Waals surface area (Å²) in [7, 11) is 1.56. The van der Waals surface area contributed by atoms with Gasteiger partial charge in [-0.3, -0.25) is 4.57 Å². The van der Waals surface area contributed by atoms with E-state index in [1.165, 1.54) is 4.57 Å². The maximum absolute atomic E-state index is 14.5. The molecule has 0 unspecified atom stereocenters. The molecule has 2 aromatic rings. The van der Waals surface area contributed by atoms with Crippen LogP contribution in [0.3, 0.4) is 0 Å². The molecule has 0 spiro atoms. The van der Waals surface area contributed by atoms with Crippen molar-refractivity contribution in [3.8, 4) is 5.69 Å². The highest BCUT2D eigenvalue weighted by atomic mass is 19.1. The fourth-order valence-corrected chi connectivity index (χ4v) is 2.82. The van der Waals surface area contributed by atoms with Gasteiger partial charge in [-0.05, 0) is 39.7 Å². The maximum atomic E-state index is 14.5. The van der Waals surface area contributed by atoms with Crippen LogP contribution in [0.5, 0.6) is 0 Å². The highest BCUT2D eigenvalue weighted by Gasteiger charge is 2.28. The van der Waals surface area contributed by atoms with Crippen molar-refractivity contribution in [3.05, 3.63) is 45.6 Å². The largest absolute Gasteiger partial charge is 0.456 e. The van der Waals surface area contributed by atoms with Crippen molar-refractivity contribution in [2.24, 2.45) is 7.05 Å². The minimum absolute atomic E-state index is 0.155. The Bertz CT molecular complexity index is 921. The Morgan fingerprint density at radius 2 is 1.88 bits per heavy atom. The Kier molecular flexibility index (Phi) is 4.46. The van der Waals surface area contributed by atoms with E-state index in [-0.39, 0.29) is 11.6 Å². The molecule has 3 rings (SSSR count). The second-order valence-corrected chi connectivity index (χ2v) is 7.52. The van der Waals surface area contributed by atoms with E-state index in [1.54, 1.807) is 27.8 Å². The molecule has 1 aliphatic rings. The Morgan fingerprint density at radius 1 is 1.23 bits per heavy atom. The average molecular weight is 365 g/mol. The van der Waals surface area contributed by atoms with Gasteiger partial charge in [-0.2, -0.15) is 4.68 Å². The quantitative estimate of drug-likeness (QED) is 0.784. The normalized spacial score (nSPS) is 15.0. The van der Waals surface area contributed by atoms with E-state index in [0.29, 0.717) is 5.82 Å². The first-order chi connectivity index (χ1) is 12.1. The van der Waals surface area contributed by atoms with Gasteiger partial charge in [0.2, 0.25) is 0 Å². The van der Waals surface area contributed by atoms with Crippen molar-refractivity contribution in [2.45, 2.75) is 51.6 Å². The second-order valence-electron chi connectivity index (χ2n) is 7.52. The zero-order chi connectivity index (χ0) is 19.2. The summed E-state index contributed by atoms with van der Waals surface area (Å²) in [6.07, 6.45) is 2.89. The van der Waals surface area contributed by atoms with Gasteiger partial charge in [0.15, 0.2) is 0 Å². The molecule has 26 heavy (non-hydrogen) atoms. The standard InChI is InChI=1S/C18H21F2N3O3/c1-18(2,3)26-16(24)11-8-13(20)14(9-12(11)19)23-17(25)22(4)15(21-23)10-6-5-7-10/h8-10H,5-7H2,1-4H3. The number of rotatable bonds is 3. The fourth-order valence-electron chi connectivity index (χ4n) is 2.82. The Labute approximate surface area is 149 Å². The molecular formula is C18H21F2N3O3. The highest BCUT2D eigenvalue weighted by Crippen LogP contribution is 2.34. The summed E-state index contributed by atoms with van der Waals surface area (Å²) in [6.45, 7) is 4.88. The summed E-state index contributed by atoms with van der Waals surface area (Å²) in [4.78, 5) is 24.4. The minimum Gasteiger partial charge on any atom is -0.456 e. The molecule has 140 valence electrons. The molecule has 0 amide bonds. The lowest BCUT2D eigenvalue weighted by Crippen LogP contribution is -2.26. The molecule has 0 N–H and O–H groups in total. The van der Waals surface area contributed by atoms with Crippen LogP contribution in [0.4, 0.5) is 8.78 Å². The van der Waals surface area contributed by atoms with Crippen LogP contribution < -0.4 is 5.69 Å². The zero-order valence-corrected chi connectivity index (χ0v) is 15.2. The Balaban J connectivity index is 2.01. The predicted molar refractivity (Wildman–Crippen MR) is 90.5 cm³/mol. The molecular weight excluding hydrogens is 344 g/mol. The monoisotopic (exact) mass is 365 g/mol. The van der Waals surface area contributed by atoms with Crippen LogP contribution >= 0.6 is 0 Å². The first-order valence-electron chi connectivity index (χ1n) is 8.47. The van der Waals surface area contributed by atoms with Crippen molar-refractivity contribution in [1.82, 2.24) is 14.3 Å². The van der Waals surface area contributed by atoms with E-state index < -0.39 is 34.5 Å². The summed E-state index contributed by atoms with van der Waals surface area (Å²) < 4.78 is 36.2. The lowest BCUT2D eigenvalue weighted by Gasteiger charge is -2.23. The van der Waals surface area contributed by atoms with Crippen LogP contribution in [0.25, 0.3) is 5.69 Å². The number of carbonyl (C=O) groups is 1. The van der Waals surface area contributed by atoms with Crippen molar-refractivity contribution in [2.75, 3.05) is 0 Å². The summed E-state index contributed by atoms with van der Waals surface area (Å²) in [5.41, 5.74) is -2.26. The molecule has 1 fully saturated rings. The SMILES string of the molecule is Cn1c(C2CCC2)nn(-c2cc(F)c(C(=O)OC(C)(C)C)cc2F)c1=O. The molecule has 1 heterocycles. The van der Waals surface area contributed by atoms with Crippen molar-refractivity contribution >= 4 is 5.97 Å². The molecule has 0 atom stereocenters. The lowest BCUT2D eigenvalue weighted by atomic mass is 9.85. The predicted octanol–water partition coefficient (Wildman–Crippen LogP) is 3.07. The molecule has 1 saturated carbocycles. The number of halogens is 2. The summed E-state index contributed by atoms with van der Waals surface area (Å²) in [5, 5.41) is 4.18. The van der Waals surface area contributed by atoms with Crippen LogP contribution in [0.2, 0.25) is 0 Å². The van der Waals surface area contributed by atoms with Gasteiger partial charge in [-0.25, -0.2) is 18.4 Å². The first-order valence-corrected chi connectivity index (χ1v) is 8.47. The second kappa shape index (κ2) is 6.34. The van der Waals surface area contributed by atoms with E-state index in [0.717, 1.165) is 36.1 Å². The number of carbonyl (C=O) groups excluding carboxylic acids is 1. The Hall–Kier alpha value is -2.51. The van der Waals surface area contributed by atoms with Gasteiger partial charge in [0, 0.05) is 19.0 Å². The van der Waals surface area contributed by atoms with E-state index in [4.69, 9.17) is 4.74 Å². The van der Waals surface area contributed by atoms with Crippen LogP contribution in [0.15, 0.2) is 16.9 Å². The molecule has 1 aliphatic carbocycles. The van der Waals surface area contributed by atoms with Gasteiger partial charge >= 0.3 is 11.7 Å². The summed E-state index contributed by atoms with van der Waals surface area (Å²) in [6, 6.07) is 1.54. The third-order valence-electron chi connectivity index (χ3n) is 4.37. The van der Waals surface area contributed by atoms with Crippen molar-refractivity contribution in [3.63, 3.8) is 0 Å². The van der Waals surface area contributed by atoms with Gasteiger partial charge in [0.25, 0.3) is 0 Å². The average Bonchev–Trinajstić information content (AvgIpc) is 2.74. The molecule has 0 radical (unpaired) electrons. The van der Waals surface area contributed by atoms with Gasteiger partial charge in [0.1, 0.15) is 28.7 Å². The zero-order valence-electron chi connectivity index (χ0n) is 15.2. The maximum Gasteiger partial charge on any atom is 0.350 e. The molecule has 1 aromatic heterocycles. The number of esters is 1. The molecule has 8 heteroatoms. The summed E-state index contributed by atoms with van der Waals surface area (Å²) >= 11 is 0. The molecule has 0 bridgehead atoms. The van der Waals surface area contributed by atoms with Gasteiger partial charge in [-0.15, -0.1) is 5.10 Å². The number of aromatic nitrogens is 3. The number of benzene rings is 1. The third kappa shape index (κ3) is 3.27. The minimum atomic E-state index is -0.974. The molecule has 0 aliphatic heterocycles. The van der Waals surface area contributed by atoms with E-state index in [1.807, 2.05) is 0 Å². The van der Waals surface area contributed by atoms with Gasteiger partial charge < -0.3 is 4.74 Å². The third-order valence-corrected chi connectivity index (χ3v) is 4.37. The van der Waals surface area contributed by atoms with Crippen LogP contribution in [-0.4, -0.2) is 25.9 Å². The van der Waals surface area contributed by atoms with Gasteiger partial charge in [0.05, 0.1) is 5.56 Å². The van der Waals surface area contributed by atoms with Gasteiger partial charge in [-0.1, -0.05) is 6.42 Å². The Morgan fingerprint density at radius 3 is 2.42 bits per heavy atom.